The number of nitrogens with zero attached hydrogens (tertiary/aromatic N) is 2. The van der Waals surface area contributed by atoms with Crippen LogP contribution in [0.5, 0.6) is 0 Å². The molecule has 0 aliphatic carbocycles. The van der Waals surface area contributed by atoms with Crippen molar-refractivity contribution in [2.45, 2.75) is 38.3 Å². The van der Waals surface area contributed by atoms with Crippen molar-refractivity contribution >= 4 is 5.82 Å². The molecule has 1 fully saturated rings. The topological polar surface area (TPSA) is 62.4 Å². The van der Waals surface area contributed by atoms with Crippen molar-refractivity contribution in [3.8, 4) is 0 Å². The summed E-state index contributed by atoms with van der Waals surface area (Å²) in [6.45, 7) is 1.83. The van der Waals surface area contributed by atoms with E-state index in [1.807, 2.05) is 12.1 Å². The van der Waals surface area contributed by atoms with Gasteiger partial charge in [0.05, 0.1) is 5.69 Å². The zero-order valence-corrected chi connectivity index (χ0v) is 10.2. The highest BCUT2D eigenvalue weighted by atomic mass is 16.2. The molecule has 1 aliphatic heterocycles. The van der Waals surface area contributed by atoms with E-state index in [1.54, 1.807) is 0 Å². The molecule has 1 saturated heterocycles. The minimum absolute atomic E-state index is 0.278. The highest BCUT2D eigenvalue weighted by Crippen LogP contribution is 2.26. The van der Waals surface area contributed by atoms with Gasteiger partial charge in [-0.1, -0.05) is 6.07 Å². The average molecular weight is 235 g/mol. The fourth-order valence-electron chi connectivity index (χ4n) is 2.50. The predicted octanol–water partition coefficient (Wildman–Crippen LogP) is 1.28. The number of aliphatic hydroxyl groups is 1. The summed E-state index contributed by atoms with van der Waals surface area (Å²) in [6, 6.07) is 6.56. The SMILES string of the molecule is NCc1cccc(N2CCCC2CCCO)n1. The van der Waals surface area contributed by atoms with Crippen molar-refractivity contribution in [1.82, 2.24) is 4.98 Å². The number of nitrogens with two attached hydrogens (primary N) is 1. The van der Waals surface area contributed by atoms with E-state index in [1.165, 1.54) is 12.8 Å². The van der Waals surface area contributed by atoms with E-state index in [0.717, 1.165) is 30.9 Å². The molecule has 0 aromatic carbocycles. The number of aromatic nitrogens is 1. The number of aliphatic hydroxyl groups excluding tert-OH is 1. The Morgan fingerprint density at radius 1 is 1.47 bits per heavy atom. The summed E-state index contributed by atoms with van der Waals surface area (Å²) in [4.78, 5) is 6.93. The van der Waals surface area contributed by atoms with Gasteiger partial charge in [-0.25, -0.2) is 4.98 Å². The second kappa shape index (κ2) is 5.98. The summed E-state index contributed by atoms with van der Waals surface area (Å²) in [6.07, 6.45) is 4.34. The number of hydrogen-bond donors (Lipinski definition) is 2. The predicted molar refractivity (Wildman–Crippen MR) is 68.8 cm³/mol. The molecule has 3 N–H and O–H groups in total. The first-order chi connectivity index (χ1) is 8.35. The molecule has 2 heterocycles. The molecule has 1 aromatic rings. The van der Waals surface area contributed by atoms with Gasteiger partial charge < -0.3 is 15.7 Å². The molecule has 0 radical (unpaired) electrons. The Hall–Kier alpha value is -1.13. The second-order valence-electron chi connectivity index (χ2n) is 4.55. The minimum Gasteiger partial charge on any atom is -0.396 e. The van der Waals surface area contributed by atoms with E-state index in [9.17, 15) is 0 Å². The lowest BCUT2D eigenvalue weighted by atomic mass is 10.1. The quantitative estimate of drug-likeness (QED) is 0.807. The van der Waals surface area contributed by atoms with Crippen LogP contribution >= 0.6 is 0 Å². The van der Waals surface area contributed by atoms with E-state index >= 15 is 0 Å². The molecule has 4 heteroatoms. The Kier molecular flexibility index (Phi) is 4.34. The monoisotopic (exact) mass is 235 g/mol. The Morgan fingerprint density at radius 2 is 2.35 bits per heavy atom. The van der Waals surface area contributed by atoms with Gasteiger partial charge >= 0.3 is 0 Å². The molecule has 0 saturated carbocycles. The first-order valence-electron chi connectivity index (χ1n) is 6.38. The van der Waals surface area contributed by atoms with Crippen LogP contribution in [0.15, 0.2) is 18.2 Å². The fraction of sp³-hybridized carbons (Fsp3) is 0.615. The summed E-state index contributed by atoms with van der Waals surface area (Å²) >= 11 is 0. The van der Waals surface area contributed by atoms with Crippen molar-refractivity contribution < 1.29 is 5.11 Å². The smallest absolute Gasteiger partial charge is 0.129 e. The number of pyridine rings is 1. The molecule has 0 spiro atoms. The van der Waals surface area contributed by atoms with E-state index in [-0.39, 0.29) is 6.61 Å². The maximum absolute atomic E-state index is 8.91. The van der Waals surface area contributed by atoms with Crippen LogP contribution in [-0.4, -0.2) is 29.3 Å². The van der Waals surface area contributed by atoms with E-state index < -0.39 is 0 Å². The van der Waals surface area contributed by atoms with Gasteiger partial charge in [0.25, 0.3) is 0 Å². The van der Waals surface area contributed by atoms with Crippen LogP contribution in [0.4, 0.5) is 5.82 Å². The van der Waals surface area contributed by atoms with Crippen LogP contribution in [-0.2, 0) is 6.54 Å². The Morgan fingerprint density at radius 3 is 3.12 bits per heavy atom. The lowest BCUT2D eigenvalue weighted by Gasteiger charge is -2.26. The van der Waals surface area contributed by atoms with E-state index in [4.69, 9.17) is 10.8 Å². The van der Waals surface area contributed by atoms with Crippen LogP contribution < -0.4 is 10.6 Å². The third kappa shape index (κ3) is 2.96. The van der Waals surface area contributed by atoms with Crippen LogP contribution in [0.2, 0.25) is 0 Å². The summed E-state index contributed by atoms with van der Waals surface area (Å²) in [5.41, 5.74) is 6.56. The molecule has 0 bridgehead atoms. The normalized spacial score (nSPS) is 19.9. The number of rotatable bonds is 5. The van der Waals surface area contributed by atoms with Crippen LogP contribution in [0.3, 0.4) is 0 Å². The lowest BCUT2D eigenvalue weighted by molar-refractivity contribution is 0.279. The summed E-state index contributed by atoms with van der Waals surface area (Å²) in [5.74, 6) is 1.04. The standard InChI is InChI=1S/C13H21N3O/c14-10-11-4-1-7-13(15-11)16-8-2-5-12(16)6-3-9-17/h1,4,7,12,17H,2-3,5-6,8-10,14H2. The lowest BCUT2D eigenvalue weighted by Crippen LogP contribution is -2.30. The number of hydrogen-bond acceptors (Lipinski definition) is 4. The van der Waals surface area contributed by atoms with Crippen molar-refractivity contribution in [2.24, 2.45) is 5.73 Å². The summed E-state index contributed by atoms with van der Waals surface area (Å²) < 4.78 is 0. The third-order valence-corrected chi connectivity index (χ3v) is 3.37. The first kappa shape index (κ1) is 12.3. The Labute approximate surface area is 102 Å². The van der Waals surface area contributed by atoms with Gasteiger partial charge in [-0.2, -0.15) is 0 Å². The van der Waals surface area contributed by atoms with Gasteiger partial charge in [-0.3, -0.25) is 0 Å². The van der Waals surface area contributed by atoms with Gasteiger partial charge in [0.1, 0.15) is 5.82 Å². The molecule has 2 rings (SSSR count). The number of anilines is 1. The second-order valence-corrected chi connectivity index (χ2v) is 4.55. The zero-order valence-electron chi connectivity index (χ0n) is 10.2. The third-order valence-electron chi connectivity index (χ3n) is 3.37. The van der Waals surface area contributed by atoms with E-state index in [2.05, 4.69) is 16.0 Å². The van der Waals surface area contributed by atoms with Gasteiger partial charge in [0.2, 0.25) is 0 Å². The maximum atomic E-state index is 8.91. The van der Waals surface area contributed by atoms with Crippen LogP contribution in [0, 0.1) is 0 Å². The summed E-state index contributed by atoms with van der Waals surface area (Å²) in [7, 11) is 0. The zero-order chi connectivity index (χ0) is 12.1. The Bertz CT molecular complexity index is 356. The first-order valence-corrected chi connectivity index (χ1v) is 6.38. The Balaban J connectivity index is 2.08. The van der Waals surface area contributed by atoms with Gasteiger partial charge in [0, 0.05) is 25.7 Å². The highest BCUT2D eigenvalue weighted by Gasteiger charge is 2.24. The average Bonchev–Trinajstić information content (AvgIpc) is 2.84. The molecule has 17 heavy (non-hydrogen) atoms. The van der Waals surface area contributed by atoms with Gasteiger partial charge in [0.15, 0.2) is 0 Å². The van der Waals surface area contributed by atoms with Crippen LogP contribution in [0.25, 0.3) is 0 Å². The van der Waals surface area contributed by atoms with E-state index in [0.29, 0.717) is 12.6 Å². The molecule has 94 valence electrons. The minimum atomic E-state index is 0.278. The molecule has 1 atom stereocenters. The van der Waals surface area contributed by atoms with Crippen molar-refractivity contribution in [3.05, 3.63) is 23.9 Å². The molecule has 1 aromatic heterocycles. The molecular weight excluding hydrogens is 214 g/mol. The largest absolute Gasteiger partial charge is 0.396 e. The van der Waals surface area contributed by atoms with Crippen molar-refractivity contribution in [1.29, 1.82) is 0 Å². The molecule has 4 nitrogen and oxygen atoms in total. The van der Waals surface area contributed by atoms with Crippen LogP contribution in [0.1, 0.15) is 31.4 Å². The van der Waals surface area contributed by atoms with Crippen molar-refractivity contribution in [2.75, 3.05) is 18.1 Å². The molecule has 1 aliphatic rings. The maximum Gasteiger partial charge on any atom is 0.129 e. The molecule has 0 amide bonds. The van der Waals surface area contributed by atoms with Gasteiger partial charge in [-0.05, 0) is 37.8 Å². The molecular formula is C13H21N3O. The summed E-state index contributed by atoms with van der Waals surface area (Å²) in [5, 5.41) is 8.91. The highest BCUT2D eigenvalue weighted by molar-refractivity contribution is 5.41. The molecule has 1 unspecified atom stereocenters. The van der Waals surface area contributed by atoms with Gasteiger partial charge in [-0.15, -0.1) is 0 Å². The van der Waals surface area contributed by atoms with Crippen molar-refractivity contribution in [3.63, 3.8) is 0 Å². The fourth-order valence-corrected chi connectivity index (χ4v) is 2.50.